The first-order valence-electron chi connectivity index (χ1n) is 5.99. The van der Waals surface area contributed by atoms with Gasteiger partial charge in [0.2, 0.25) is 10.0 Å². The van der Waals surface area contributed by atoms with Crippen molar-refractivity contribution in [3.63, 3.8) is 0 Å². The molecule has 0 aliphatic rings. The molecule has 0 atom stereocenters. The van der Waals surface area contributed by atoms with Crippen molar-refractivity contribution >= 4 is 38.6 Å². The van der Waals surface area contributed by atoms with Crippen molar-refractivity contribution in [3.05, 3.63) is 46.3 Å². The summed E-state index contributed by atoms with van der Waals surface area (Å²) in [6.45, 7) is 0.578. The average molecular weight is 342 g/mol. The number of nitrogens with zero attached hydrogens (tertiary/aromatic N) is 1. The van der Waals surface area contributed by atoms with Crippen LogP contribution in [0.15, 0.2) is 39.9 Å². The van der Waals surface area contributed by atoms with Gasteiger partial charge in [-0.3, -0.25) is 0 Å². The first-order valence-corrected chi connectivity index (χ1v) is 8.74. The fraction of sp³-hybridized carbons (Fsp3) is 0.154. The first-order chi connectivity index (χ1) is 10.0. The highest BCUT2D eigenvalue weighted by molar-refractivity contribution is 7.91. The molecule has 1 aromatic heterocycles. The van der Waals surface area contributed by atoms with E-state index in [1.165, 1.54) is 0 Å². The van der Waals surface area contributed by atoms with Crippen LogP contribution in [0, 0.1) is 11.3 Å². The first kappa shape index (κ1) is 15.8. The lowest BCUT2D eigenvalue weighted by molar-refractivity contribution is 0.585. The van der Waals surface area contributed by atoms with E-state index in [-0.39, 0.29) is 10.8 Å². The van der Waals surface area contributed by atoms with Gasteiger partial charge in [-0.25, -0.2) is 13.1 Å². The zero-order valence-electron chi connectivity index (χ0n) is 10.8. The van der Waals surface area contributed by atoms with Crippen molar-refractivity contribution in [1.82, 2.24) is 4.72 Å². The average Bonchev–Trinajstić information content (AvgIpc) is 2.99. The molecule has 0 fully saturated rings. The van der Waals surface area contributed by atoms with Gasteiger partial charge >= 0.3 is 0 Å². The monoisotopic (exact) mass is 341 g/mol. The van der Waals surface area contributed by atoms with E-state index in [2.05, 4.69) is 10.0 Å². The minimum Gasteiger partial charge on any atom is -0.383 e. The van der Waals surface area contributed by atoms with Crippen LogP contribution in [0.5, 0.6) is 0 Å². The van der Waals surface area contributed by atoms with E-state index < -0.39 is 10.0 Å². The van der Waals surface area contributed by atoms with E-state index in [0.717, 1.165) is 11.3 Å². The molecule has 8 heteroatoms. The number of benzene rings is 1. The third-order valence-electron chi connectivity index (χ3n) is 2.59. The highest BCUT2D eigenvalue weighted by atomic mass is 35.5. The van der Waals surface area contributed by atoms with Crippen molar-refractivity contribution < 1.29 is 8.42 Å². The molecule has 0 saturated carbocycles. The minimum atomic E-state index is -3.45. The van der Waals surface area contributed by atoms with E-state index >= 15 is 0 Å². The van der Waals surface area contributed by atoms with Gasteiger partial charge in [-0.05, 0) is 29.6 Å². The molecule has 0 radical (unpaired) electrons. The lowest BCUT2D eigenvalue weighted by Gasteiger charge is -2.09. The van der Waals surface area contributed by atoms with E-state index in [4.69, 9.17) is 16.9 Å². The molecule has 0 saturated heterocycles. The van der Waals surface area contributed by atoms with Gasteiger partial charge in [-0.1, -0.05) is 17.7 Å². The summed E-state index contributed by atoms with van der Waals surface area (Å²) < 4.78 is 26.5. The van der Waals surface area contributed by atoms with Gasteiger partial charge in [0, 0.05) is 18.1 Å². The highest BCUT2D eigenvalue weighted by Crippen LogP contribution is 2.19. The number of nitrogens with one attached hydrogen (secondary N) is 2. The van der Waals surface area contributed by atoms with Crippen LogP contribution in [0.1, 0.15) is 5.56 Å². The predicted octanol–water partition coefficient (Wildman–Crippen LogP) is 2.66. The van der Waals surface area contributed by atoms with Gasteiger partial charge in [-0.2, -0.15) is 5.26 Å². The summed E-state index contributed by atoms with van der Waals surface area (Å²) in [5.41, 5.74) is 1.04. The Hall–Kier alpha value is -1.59. The molecule has 1 heterocycles. The smallest absolute Gasteiger partial charge is 0.250 e. The van der Waals surface area contributed by atoms with Crippen LogP contribution in [-0.2, 0) is 10.0 Å². The van der Waals surface area contributed by atoms with Crippen LogP contribution in [0.3, 0.4) is 0 Å². The van der Waals surface area contributed by atoms with Crippen molar-refractivity contribution in [2.45, 2.75) is 4.21 Å². The largest absolute Gasteiger partial charge is 0.383 e. The minimum absolute atomic E-state index is 0.216. The predicted molar refractivity (Wildman–Crippen MR) is 84.2 cm³/mol. The van der Waals surface area contributed by atoms with Crippen molar-refractivity contribution in [3.8, 4) is 6.07 Å². The number of rotatable bonds is 6. The van der Waals surface area contributed by atoms with Crippen LogP contribution >= 0.6 is 22.9 Å². The molecule has 2 aromatic rings. The number of sulfonamides is 1. The zero-order chi connectivity index (χ0) is 15.3. The molecule has 0 bridgehead atoms. The number of halogens is 1. The third kappa shape index (κ3) is 4.19. The summed E-state index contributed by atoms with van der Waals surface area (Å²) in [7, 11) is -3.45. The maximum atomic E-state index is 11.9. The highest BCUT2D eigenvalue weighted by Gasteiger charge is 2.13. The molecule has 0 amide bonds. The van der Waals surface area contributed by atoms with E-state index in [1.54, 1.807) is 35.7 Å². The van der Waals surface area contributed by atoms with Gasteiger partial charge in [0.15, 0.2) is 0 Å². The molecule has 0 aliphatic carbocycles. The summed E-state index contributed by atoms with van der Waals surface area (Å²) >= 11 is 6.97. The van der Waals surface area contributed by atoms with Crippen LogP contribution in [-0.4, -0.2) is 21.5 Å². The molecule has 2 rings (SSSR count). The van der Waals surface area contributed by atoms with Crippen LogP contribution < -0.4 is 10.0 Å². The second-order valence-corrected chi connectivity index (χ2v) is 7.44. The Kier molecular flexibility index (Phi) is 5.20. The van der Waals surface area contributed by atoms with E-state index in [0.29, 0.717) is 22.8 Å². The molecular formula is C13H12ClN3O2S2. The molecule has 2 N–H and O–H groups in total. The molecule has 5 nitrogen and oxygen atoms in total. The molecular weight excluding hydrogens is 330 g/mol. The molecule has 1 aromatic carbocycles. The zero-order valence-corrected chi connectivity index (χ0v) is 13.2. The summed E-state index contributed by atoms with van der Waals surface area (Å²) in [5, 5.41) is 14.2. The number of anilines is 1. The summed E-state index contributed by atoms with van der Waals surface area (Å²) in [4.78, 5) is 0. The Morgan fingerprint density at radius 3 is 2.76 bits per heavy atom. The van der Waals surface area contributed by atoms with E-state index in [1.807, 2.05) is 6.07 Å². The van der Waals surface area contributed by atoms with Crippen LogP contribution in [0.4, 0.5) is 5.69 Å². The molecule has 110 valence electrons. The van der Waals surface area contributed by atoms with Gasteiger partial charge < -0.3 is 5.32 Å². The molecule has 21 heavy (non-hydrogen) atoms. The Labute approximate surface area is 132 Å². The maximum Gasteiger partial charge on any atom is 0.250 e. The number of thiophene rings is 1. The summed E-state index contributed by atoms with van der Waals surface area (Å²) in [5.74, 6) is 0. The Bertz CT molecular complexity index is 752. The van der Waals surface area contributed by atoms with Crippen molar-refractivity contribution in [2.75, 3.05) is 18.4 Å². The quantitative estimate of drug-likeness (QED) is 0.791. The number of nitriles is 1. The molecule has 0 aliphatic heterocycles. The summed E-state index contributed by atoms with van der Waals surface area (Å²) in [6, 6.07) is 10.2. The van der Waals surface area contributed by atoms with Crippen LogP contribution in [0.2, 0.25) is 5.02 Å². The Balaban J connectivity index is 1.90. The Morgan fingerprint density at radius 2 is 2.10 bits per heavy atom. The lowest BCUT2D eigenvalue weighted by atomic mass is 10.2. The SMILES string of the molecule is N#Cc1cc(Cl)ccc1NCCNS(=O)(=O)c1cccs1. The summed E-state index contributed by atoms with van der Waals surface area (Å²) in [6.07, 6.45) is 0. The maximum absolute atomic E-state index is 11.9. The fourth-order valence-electron chi connectivity index (χ4n) is 1.63. The van der Waals surface area contributed by atoms with Gasteiger partial charge in [-0.15, -0.1) is 11.3 Å². The third-order valence-corrected chi connectivity index (χ3v) is 5.69. The van der Waals surface area contributed by atoms with Gasteiger partial charge in [0.05, 0.1) is 11.3 Å². The number of hydrogen-bond donors (Lipinski definition) is 2. The van der Waals surface area contributed by atoms with Crippen LogP contribution in [0.25, 0.3) is 0 Å². The molecule has 0 unspecified atom stereocenters. The fourth-order valence-corrected chi connectivity index (χ4v) is 3.87. The van der Waals surface area contributed by atoms with E-state index in [9.17, 15) is 8.42 Å². The van der Waals surface area contributed by atoms with Crippen molar-refractivity contribution in [2.24, 2.45) is 0 Å². The molecule has 0 spiro atoms. The topological polar surface area (TPSA) is 82.0 Å². The lowest BCUT2D eigenvalue weighted by Crippen LogP contribution is -2.28. The van der Waals surface area contributed by atoms with Gasteiger partial charge in [0.25, 0.3) is 0 Å². The second-order valence-electron chi connectivity index (χ2n) is 4.06. The Morgan fingerprint density at radius 1 is 1.29 bits per heavy atom. The number of hydrogen-bond acceptors (Lipinski definition) is 5. The normalized spacial score (nSPS) is 11.0. The standard InChI is InChI=1S/C13H12ClN3O2S2/c14-11-3-4-12(10(8-11)9-15)16-5-6-17-21(18,19)13-2-1-7-20-13/h1-4,7-8,16-17H,5-6H2. The second kappa shape index (κ2) is 6.91. The van der Waals surface area contributed by atoms with Crippen molar-refractivity contribution in [1.29, 1.82) is 5.26 Å². The van der Waals surface area contributed by atoms with Gasteiger partial charge in [0.1, 0.15) is 10.3 Å².